The highest BCUT2D eigenvalue weighted by Gasteiger charge is 2.13. The molecule has 0 saturated heterocycles. The minimum atomic E-state index is 0.401. The van der Waals surface area contributed by atoms with Crippen LogP contribution in [-0.2, 0) is 6.54 Å². The third kappa shape index (κ3) is 6.52. The Hall–Kier alpha value is -2.12. The van der Waals surface area contributed by atoms with Gasteiger partial charge in [0.25, 0.3) is 0 Å². The summed E-state index contributed by atoms with van der Waals surface area (Å²) >= 11 is 5.90. The zero-order valence-electron chi connectivity index (χ0n) is 16.7. The monoisotopic (exact) mass is 392 g/mol. The van der Waals surface area contributed by atoms with E-state index in [4.69, 9.17) is 16.1 Å². The summed E-state index contributed by atoms with van der Waals surface area (Å²) in [5.74, 6) is 1.73. The van der Waals surface area contributed by atoms with Crippen LogP contribution in [0.1, 0.15) is 33.6 Å². The van der Waals surface area contributed by atoms with Crippen LogP contribution in [0.15, 0.2) is 33.8 Å². The van der Waals surface area contributed by atoms with Gasteiger partial charge in [-0.25, -0.2) is 0 Å². The largest absolute Gasteiger partial charge is 0.355 e. The molecule has 2 aromatic rings. The van der Waals surface area contributed by atoms with Gasteiger partial charge in [0.05, 0.1) is 6.54 Å². The van der Waals surface area contributed by atoms with Gasteiger partial charge < -0.3 is 15.2 Å². The van der Waals surface area contributed by atoms with Crippen molar-refractivity contribution in [2.45, 2.75) is 46.3 Å². The molecule has 0 aliphatic carbocycles. The van der Waals surface area contributed by atoms with Crippen molar-refractivity contribution in [2.75, 3.05) is 20.1 Å². The standard InChI is InChI=1S/C19H29ClN6O/c1-13(2)26(14(3)4)11-10-22-19(21-5)23-12-17-24-18(25-27-17)15-6-8-16(20)9-7-15/h6-9,13-14H,10-12H2,1-5H3,(H2,21,22,23). The smallest absolute Gasteiger partial charge is 0.246 e. The number of nitrogens with zero attached hydrogens (tertiary/aromatic N) is 4. The Kier molecular flexibility index (Phi) is 8.06. The molecule has 27 heavy (non-hydrogen) atoms. The fourth-order valence-electron chi connectivity index (χ4n) is 2.84. The summed E-state index contributed by atoms with van der Waals surface area (Å²) in [5.41, 5.74) is 0.861. The van der Waals surface area contributed by atoms with E-state index in [0.29, 0.717) is 41.3 Å². The molecule has 0 aliphatic heterocycles. The van der Waals surface area contributed by atoms with Crippen LogP contribution in [0, 0.1) is 0 Å². The molecule has 1 aromatic heterocycles. The minimum Gasteiger partial charge on any atom is -0.355 e. The van der Waals surface area contributed by atoms with Crippen molar-refractivity contribution in [3.63, 3.8) is 0 Å². The summed E-state index contributed by atoms with van der Waals surface area (Å²) < 4.78 is 5.30. The third-order valence-corrected chi connectivity index (χ3v) is 4.44. The molecular formula is C19H29ClN6O. The molecule has 0 saturated carbocycles. The number of guanidine groups is 1. The van der Waals surface area contributed by atoms with E-state index < -0.39 is 0 Å². The highest BCUT2D eigenvalue weighted by molar-refractivity contribution is 6.30. The van der Waals surface area contributed by atoms with Crippen LogP contribution in [0.5, 0.6) is 0 Å². The molecule has 1 aromatic carbocycles. The van der Waals surface area contributed by atoms with E-state index in [0.717, 1.165) is 18.7 Å². The molecule has 0 atom stereocenters. The number of halogens is 1. The Morgan fingerprint density at radius 3 is 2.41 bits per heavy atom. The predicted molar refractivity (Wildman–Crippen MR) is 110 cm³/mol. The fourth-order valence-corrected chi connectivity index (χ4v) is 2.96. The number of hydrogen-bond donors (Lipinski definition) is 2. The lowest BCUT2D eigenvalue weighted by molar-refractivity contribution is 0.178. The van der Waals surface area contributed by atoms with Gasteiger partial charge >= 0.3 is 0 Å². The van der Waals surface area contributed by atoms with Gasteiger partial charge in [-0.2, -0.15) is 4.98 Å². The van der Waals surface area contributed by atoms with E-state index in [1.165, 1.54) is 0 Å². The SMILES string of the molecule is CN=C(NCCN(C(C)C)C(C)C)NCc1nc(-c2ccc(Cl)cc2)no1. The second-order valence-corrected chi connectivity index (χ2v) is 7.23. The zero-order chi connectivity index (χ0) is 19.8. The van der Waals surface area contributed by atoms with Gasteiger partial charge in [-0.15, -0.1) is 0 Å². The van der Waals surface area contributed by atoms with Crippen LogP contribution in [0.3, 0.4) is 0 Å². The van der Waals surface area contributed by atoms with Crippen LogP contribution in [-0.4, -0.2) is 53.2 Å². The molecular weight excluding hydrogens is 364 g/mol. The highest BCUT2D eigenvalue weighted by Crippen LogP contribution is 2.18. The maximum atomic E-state index is 5.90. The Morgan fingerprint density at radius 2 is 1.81 bits per heavy atom. The Morgan fingerprint density at radius 1 is 1.15 bits per heavy atom. The van der Waals surface area contributed by atoms with Crippen LogP contribution < -0.4 is 10.6 Å². The van der Waals surface area contributed by atoms with Crippen molar-refractivity contribution in [3.8, 4) is 11.4 Å². The number of rotatable bonds is 8. The van der Waals surface area contributed by atoms with E-state index in [1.54, 1.807) is 19.2 Å². The molecule has 0 aliphatic rings. The predicted octanol–water partition coefficient (Wildman–Crippen LogP) is 3.17. The first-order valence-electron chi connectivity index (χ1n) is 9.19. The lowest BCUT2D eigenvalue weighted by Gasteiger charge is -2.30. The van der Waals surface area contributed by atoms with Crippen molar-refractivity contribution >= 4 is 17.6 Å². The lowest BCUT2D eigenvalue weighted by Crippen LogP contribution is -2.45. The van der Waals surface area contributed by atoms with Gasteiger partial charge in [0.2, 0.25) is 11.7 Å². The van der Waals surface area contributed by atoms with Crippen molar-refractivity contribution in [3.05, 3.63) is 35.2 Å². The van der Waals surface area contributed by atoms with Gasteiger partial charge in [0.1, 0.15) is 0 Å². The first kappa shape index (κ1) is 21.2. The third-order valence-electron chi connectivity index (χ3n) is 4.19. The zero-order valence-corrected chi connectivity index (χ0v) is 17.4. The van der Waals surface area contributed by atoms with Gasteiger partial charge in [0, 0.05) is 42.8 Å². The van der Waals surface area contributed by atoms with Gasteiger partial charge in [-0.05, 0) is 52.0 Å². The Balaban J connectivity index is 1.83. The van der Waals surface area contributed by atoms with Crippen LogP contribution in [0.25, 0.3) is 11.4 Å². The number of nitrogens with one attached hydrogen (secondary N) is 2. The summed E-state index contributed by atoms with van der Waals surface area (Å²) in [5, 5.41) is 11.2. The topological polar surface area (TPSA) is 78.6 Å². The molecule has 148 valence electrons. The number of aromatic nitrogens is 2. The first-order valence-corrected chi connectivity index (χ1v) is 9.57. The van der Waals surface area contributed by atoms with Crippen LogP contribution >= 0.6 is 11.6 Å². The molecule has 0 radical (unpaired) electrons. The van der Waals surface area contributed by atoms with E-state index in [9.17, 15) is 0 Å². The molecule has 2 N–H and O–H groups in total. The summed E-state index contributed by atoms with van der Waals surface area (Å²) in [6.07, 6.45) is 0. The number of hydrogen-bond acceptors (Lipinski definition) is 5. The number of aliphatic imine (C=N–C) groups is 1. The summed E-state index contributed by atoms with van der Waals surface area (Å²) in [6.45, 7) is 11.0. The minimum absolute atomic E-state index is 0.401. The Labute approximate surface area is 166 Å². The molecule has 0 amide bonds. The molecule has 0 fully saturated rings. The first-order chi connectivity index (χ1) is 12.9. The summed E-state index contributed by atoms with van der Waals surface area (Å²) in [6, 6.07) is 8.33. The second kappa shape index (κ2) is 10.3. The molecule has 0 unspecified atom stereocenters. The van der Waals surface area contributed by atoms with Gasteiger partial charge in [-0.1, -0.05) is 16.8 Å². The van der Waals surface area contributed by atoms with Crippen LogP contribution in [0.2, 0.25) is 5.02 Å². The molecule has 8 heteroatoms. The number of benzene rings is 1. The molecule has 1 heterocycles. The maximum absolute atomic E-state index is 5.90. The molecule has 7 nitrogen and oxygen atoms in total. The van der Waals surface area contributed by atoms with Gasteiger partial charge in [-0.3, -0.25) is 9.89 Å². The van der Waals surface area contributed by atoms with Crippen molar-refractivity contribution in [1.82, 2.24) is 25.7 Å². The normalized spacial score (nSPS) is 12.3. The van der Waals surface area contributed by atoms with Crippen molar-refractivity contribution in [1.29, 1.82) is 0 Å². The maximum Gasteiger partial charge on any atom is 0.246 e. The van der Waals surface area contributed by atoms with Gasteiger partial charge in [0.15, 0.2) is 5.96 Å². The van der Waals surface area contributed by atoms with E-state index >= 15 is 0 Å². The average molecular weight is 393 g/mol. The Bertz CT molecular complexity index is 718. The summed E-state index contributed by atoms with van der Waals surface area (Å²) in [7, 11) is 1.74. The van der Waals surface area contributed by atoms with E-state index in [1.807, 2.05) is 12.1 Å². The fraction of sp³-hybridized carbons (Fsp3) is 0.526. The average Bonchev–Trinajstić information content (AvgIpc) is 3.10. The molecule has 0 bridgehead atoms. The van der Waals surface area contributed by atoms with Crippen LogP contribution in [0.4, 0.5) is 0 Å². The van der Waals surface area contributed by atoms with E-state index in [2.05, 4.69) is 58.4 Å². The second-order valence-electron chi connectivity index (χ2n) is 6.80. The highest BCUT2D eigenvalue weighted by atomic mass is 35.5. The molecule has 2 rings (SSSR count). The quantitative estimate of drug-likeness (QED) is 0.530. The van der Waals surface area contributed by atoms with Crippen molar-refractivity contribution < 1.29 is 4.52 Å². The lowest BCUT2D eigenvalue weighted by atomic mass is 10.2. The molecule has 0 spiro atoms. The van der Waals surface area contributed by atoms with E-state index in [-0.39, 0.29) is 0 Å². The van der Waals surface area contributed by atoms with Crippen molar-refractivity contribution in [2.24, 2.45) is 4.99 Å². The summed E-state index contributed by atoms with van der Waals surface area (Å²) in [4.78, 5) is 11.1.